The number of ether oxygens (including phenoxy) is 6. The Bertz CT molecular complexity index is 1290. The molecule has 1 amide bonds. The molecule has 0 spiro atoms. The van der Waals surface area contributed by atoms with Crippen LogP contribution in [-0.2, 0) is 42.8 Å². The Labute approximate surface area is 423 Å². The zero-order chi connectivity index (χ0) is 50.3. The van der Waals surface area contributed by atoms with Crippen molar-refractivity contribution in [3.63, 3.8) is 0 Å². The average molecular weight is 1000 g/mol. The first-order valence-electron chi connectivity index (χ1n) is 26.7. The summed E-state index contributed by atoms with van der Waals surface area (Å²) < 4.78 is 33.9. The van der Waals surface area contributed by atoms with Gasteiger partial charge in [-0.2, -0.15) is 0 Å². The van der Waals surface area contributed by atoms with Gasteiger partial charge < -0.3 is 38.6 Å². The summed E-state index contributed by atoms with van der Waals surface area (Å²) in [6.45, 7) is 23.3. The topological polar surface area (TPSA) is 139 Å². The monoisotopic (exact) mass is 1000 g/mol. The first-order valence-corrected chi connectivity index (χ1v) is 29.1. The van der Waals surface area contributed by atoms with Gasteiger partial charge >= 0.3 is 24.0 Å². The average Bonchev–Trinajstić information content (AvgIpc) is 3.29. The Hall–Kier alpha value is -2.26. The SMILES string of the molecule is CCN(CC)CCC(=O)OCCSSCCOC(=O)NCC(COCCCCCCCCCC(=O)OCCC(C)CCC=C(C)C)OCCCCCCCCC(=O)OCCC(C)CCC=C(C)C. The van der Waals surface area contributed by atoms with Gasteiger partial charge in [-0.1, -0.05) is 130 Å². The van der Waals surface area contributed by atoms with E-state index in [1.165, 1.54) is 11.1 Å². The summed E-state index contributed by atoms with van der Waals surface area (Å²) in [5.41, 5.74) is 2.70. The number of amides is 1. The molecule has 0 aromatic heterocycles. The number of rotatable bonds is 48. The standard InChI is InChI=1S/C54H100N2O10S2/c1-9-56(10-2)35-32-53(59)65-40-42-67-68-43-41-66-54(60)55-44-50(62-37-23-19-15-13-17-21-31-52(58)64-39-34-49(8)29-25-27-47(5)6)45-61-36-22-18-14-11-12-16-20-30-51(57)63-38-33-48(7)28-24-26-46(3)4/h26-27,48-50H,9-25,28-45H2,1-8H3,(H,55,60). The van der Waals surface area contributed by atoms with Crippen molar-refractivity contribution in [3.05, 3.63) is 23.3 Å². The van der Waals surface area contributed by atoms with Crippen molar-refractivity contribution in [2.24, 2.45) is 11.8 Å². The summed E-state index contributed by atoms with van der Waals surface area (Å²) in [6.07, 6.45) is 24.8. The third-order valence-electron chi connectivity index (χ3n) is 11.7. The number of allylic oxidation sites excluding steroid dienone is 4. The molecule has 14 heteroatoms. The Balaban J connectivity index is 4.36. The number of hydrogen-bond acceptors (Lipinski definition) is 13. The van der Waals surface area contributed by atoms with Crippen LogP contribution in [0.4, 0.5) is 4.79 Å². The minimum atomic E-state index is -0.479. The predicted molar refractivity (Wildman–Crippen MR) is 284 cm³/mol. The maximum Gasteiger partial charge on any atom is 0.407 e. The van der Waals surface area contributed by atoms with Gasteiger partial charge in [0.2, 0.25) is 0 Å². The van der Waals surface area contributed by atoms with Crippen LogP contribution in [0.15, 0.2) is 23.3 Å². The fourth-order valence-electron chi connectivity index (χ4n) is 7.15. The lowest BCUT2D eigenvalue weighted by atomic mass is 10.0. The second-order valence-electron chi connectivity index (χ2n) is 18.8. The van der Waals surface area contributed by atoms with Gasteiger partial charge in [-0.05, 0) is 117 Å². The van der Waals surface area contributed by atoms with E-state index in [1.807, 2.05) is 0 Å². The molecule has 0 aliphatic heterocycles. The van der Waals surface area contributed by atoms with Crippen LogP contribution < -0.4 is 5.32 Å². The third kappa shape index (κ3) is 47.4. The molecule has 12 nitrogen and oxygen atoms in total. The molecule has 0 aliphatic rings. The van der Waals surface area contributed by atoms with Crippen LogP contribution in [0.1, 0.15) is 197 Å². The second-order valence-corrected chi connectivity index (χ2v) is 21.5. The Morgan fingerprint density at radius 2 is 0.971 bits per heavy atom. The number of nitrogens with one attached hydrogen (secondary N) is 1. The zero-order valence-electron chi connectivity index (χ0n) is 44.5. The minimum Gasteiger partial charge on any atom is -0.466 e. The van der Waals surface area contributed by atoms with Crippen molar-refractivity contribution in [1.82, 2.24) is 10.2 Å². The summed E-state index contributed by atoms with van der Waals surface area (Å²) in [7, 11) is 3.18. The molecule has 0 saturated heterocycles. The number of nitrogens with zero attached hydrogens (tertiary/aromatic N) is 1. The Morgan fingerprint density at radius 3 is 1.47 bits per heavy atom. The summed E-state index contributed by atoms with van der Waals surface area (Å²) in [6, 6.07) is 0. The predicted octanol–water partition coefficient (Wildman–Crippen LogP) is 13.3. The van der Waals surface area contributed by atoms with Gasteiger partial charge in [-0.25, -0.2) is 4.79 Å². The molecule has 0 saturated carbocycles. The molecule has 0 radical (unpaired) electrons. The maximum absolute atomic E-state index is 12.5. The highest BCUT2D eigenvalue weighted by atomic mass is 33.1. The fourth-order valence-corrected chi connectivity index (χ4v) is 8.80. The largest absolute Gasteiger partial charge is 0.466 e. The molecule has 68 heavy (non-hydrogen) atoms. The molecular weight excluding hydrogens is 901 g/mol. The number of unbranched alkanes of at least 4 members (excludes halogenated alkanes) is 11. The highest BCUT2D eigenvalue weighted by Gasteiger charge is 2.14. The van der Waals surface area contributed by atoms with E-state index in [0.29, 0.717) is 88.8 Å². The molecule has 0 fully saturated rings. The number of hydrogen-bond donors (Lipinski definition) is 1. The van der Waals surface area contributed by atoms with Crippen LogP contribution in [0.25, 0.3) is 0 Å². The smallest absolute Gasteiger partial charge is 0.407 e. The van der Waals surface area contributed by atoms with Crippen LogP contribution in [-0.4, -0.2) is 119 Å². The van der Waals surface area contributed by atoms with Gasteiger partial charge in [0.1, 0.15) is 13.2 Å². The van der Waals surface area contributed by atoms with Gasteiger partial charge in [0.25, 0.3) is 0 Å². The zero-order valence-corrected chi connectivity index (χ0v) is 46.1. The van der Waals surface area contributed by atoms with E-state index >= 15 is 0 Å². The molecule has 0 heterocycles. The lowest BCUT2D eigenvalue weighted by molar-refractivity contribution is -0.145. The fraction of sp³-hybridized carbons (Fsp3) is 0.852. The first kappa shape index (κ1) is 65.7. The lowest BCUT2D eigenvalue weighted by Gasteiger charge is -2.19. The van der Waals surface area contributed by atoms with E-state index in [-0.39, 0.29) is 30.6 Å². The summed E-state index contributed by atoms with van der Waals surface area (Å²) in [4.78, 5) is 51.0. The summed E-state index contributed by atoms with van der Waals surface area (Å²) in [5, 5.41) is 2.85. The van der Waals surface area contributed by atoms with E-state index in [9.17, 15) is 19.2 Å². The molecule has 0 aromatic rings. The minimum absolute atomic E-state index is 0.0722. The molecule has 3 atom stereocenters. The second kappa shape index (κ2) is 48.4. The maximum atomic E-state index is 12.5. The number of carbonyl (C=O) groups excluding carboxylic acids is 4. The van der Waals surface area contributed by atoms with Crippen molar-refractivity contribution in [2.75, 3.05) is 83.9 Å². The van der Waals surface area contributed by atoms with Gasteiger partial charge in [-0.15, -0.1) is 0 Å². The van der Waals surface area contributed by atoms with E-state index in [1.54, 1.807) is 21.6 Å². The quantitative estimate of drug-likeness (QED) is 0.0204. The molecule has 398 valence electrons. The normalized spacial score (nSPS) is 12.5. The van der Waals surface area contributed by atoms with Crippen LogP contribution in [0, 0.1) is 11.8 Å². The van der Waals surface area contributed by atoms with Gasteiger partial charge in [0, 0.05) is 50.7 Å². The number of carbonyl (C=O) groups is 4. The molecular formula is C54H100N2O10S2. The lowest BCUT2D eigenvalue weighted by Crippen LogP contribution is -2.37. The van der Waals surface area contributed by atoms with Crippen molar-refractivity contribution >= 4 is 45.6 Å². The first-order chi connectivity index (χ1) is 32.9. The highest BCUT2D eigenvalue weighted by molar-refractivity contribution is 8.76. The molecule has 3 unspecified atom stereocenters. The number of esters is 3. The molecule has 0 bridgehead atoms. The third-order valence-corrected chi connectivity index (χ3v) is 14.0. The Kier molecular flexibility index (Phi) is 46.8. The molecule has 0 rings (SSSR count). The van der Waals surface area contributed by atoms with Gasteiger partial charge in [0.15, 0.2) is 0 Å². The van der Waals surface area contributed by atoms with Crippen molar-refractivity contribution < 1.29 is 47.6 Å². The molecule has 0 aromatic carbocycles. The van der Waals surface area contributed by atoms with Gasteiger partial charge in [0.05, 0.1) is 32.3 Å². The van der Waals surface area contributed by atoms with E-state index < -0.39 is 6.09 Å². The van der Waals surface area contributed by atoms with Crippen LogP contribution in [0.5, 0.6) is 0 Å². The van der Waals surface area contributed by atoms with E-state index in [0.717, 1.165) is 142 Å². The Morgan fingerprint density at radius 1 is 0.529 bits per heavy atom. The summed E-state index contributed by atoms with van der Waals surface area (Å²) in [5.74, 6) is 2.09. The van der Waals surface area contributed by atoms with Crippen molar-refractivity contribution in [2.45, 2.75) is 203 Å². The number of alkyl carbamates (subject to hydrolysis) is 1. The van der Waals surface area contributed by atoms with Crippen molar-refractivity contribution in [3.8, 4) is 0 Å². The molecule has 0 aliphatic carbocycles. The summed E-state index contributed by atoms with van der Waals surface area (Å²) >= 11 is 0. The highest BCUT2D eigenvalue weighted by Crippen LogP contribution is 2.20. The molecule has 1 N–H and O–H groups in total. The van der Waals surface area contributed by atoms with E-state index in [2.05, 4.69) is 77.8 Å². The van der Waals surface area contributed by atoms with Crippen LogP contribution >= 0.6 is 21.6 Å². The van der Waals surface area contributed by atoms with Gasteiger partial charge in [-0.3, -0.25) is 14.4 Å². The van der Waals surface area contributed by atoms with Crippen LogP contribution in [0.2, 0.25) is 0 Å². The van der Waals surface area contributed by atoms with E-state index in [4.69, 9.17) is 28.4 Å². The van der Waals surface area contributed by atoms with Crippen LogP contribution in [0.3, 0.4) is 0 Å². The van der Waals surface area contributed by atoms with Crippen molar-refractivity contribution in [1.29, 1.82) is 0 Å².